The molecule has 2 saturated heterocycles. The zero-order valence-electron chi connectivity index (χ0n) is 11.0. The van der Waals surface area contributed by atoms with Gasteiger partial charge in [0.1, 0.15) is 0 Å². The van der Waals surface area contributed by atoms with Gasteiger partial charge < -0.3 is 4.74 Å². The highest BCUT2D eigenvalue weighted by atomic mass is 16.5. The number of aryl methyl sites for hydroxylation is 1. The Morgan fingerprint density at radius 3 is 2.19 bits per heavy atom. The van der Waals surface area contributed by atoms with Gasteiger partial charge in [-0.05, 0) is 6.92 Å². The molecule has 2 amide bonds. The van der Waals surface area contributed by atoms with Gasteiger partial charge in [0.15, 0.2) is 0 Å². The number of rotatable bonds is 1. The summed E-state index contributed by atoms with van der Waals surface area (Å²) in [5.41, 5.74) is -1.11. The molecule has 3 aliphatic heterocycles. The summed E-state index contributed by atoms with van der Waals surface area (Å²) in [5, 5.41) is 0.816. The molecular formula is C13H11N3O5. The molecule has 0 unspecified atom stereocenters. The van der Waals surface area contributed by atoms with E-state index < -0.39 is 47.1 Å². The summed E-state index contributed by atoms with van der Waals surface area (Å²) in [6.45, 7) is 1.50. The minimum atomic E-state index is -0.812. The van der Waals surface area contributed by atoms with Gasteiger partial charge in [0.2, 0.25) is 0 Å². The molecule has 1 aromatic heterocycles. The van der Waals surface area contributed by atoms with Crippen LogP contribution < -0.4 is 16.3 Å². The van der Waals surface area contributed by atoms with E-state index >= 15 is 0 Å². The van der Waals surface area contributed by atoms with Crippen molar-refractivity contribution in [1.82, 2.24) is 9.66 Å². The molecule has 108 valence electrons. The number of imide groups is 1. The van der Waals surface area contributed by atoms with Gasteiger partial charge in [-0.1, -0.05) is 12.2 Å². The van der Waals surface area contributed by atoms with E-state index in [9.17, 15) is 19.2 Å². The van der Waals surface area contributed by atoms with E-state index in [1.54, 1.807) is 12.2 Å². The van der Waals surface area contributed by atoms with Crippen LogP contribution in [0.2, 0.25) is 0 Å². The van der Waals surface area contributed by atoms with E-state index in [1.165, 1.54) is 13.1 Å². The van der Waals surface area contributed by atoms with Crippen LogP contribution in [-0.4, -0.2) is 33.7 Å². The van der Waals surface area contributed by atoms with Crippen LogP contribution in [0.3, 0.4) is 0 Å². The lowest BCUT2D eigenvalue weighted by molar-refractivity contribution is -0.127. The van der Waals surface area contributed by atoms with E-state index in [-0.39, 0.29) is 5.56 Å². The third-order valence-electron chi connectivity index (χ3n) is 4.21. The second-order valence-electron chi connectivity index (χ2n) is 5.41. The topological polar surface area (TPSA) is 101 Å². The fourth-order valence-corrected chi connectivity index (χ4v) is 3.20. The Labute approximate surface area is 117 Å². The molecule has 8 heteroatoms. The molecule has 0 saturated carbocycles. The number of hydrogen-bond acceptors (Lipinski definition) is 5. The molecule has 4 heterocycles. The number of H-pyrrole nitrogens is 1. The maximum absolute atomic E-state index is 12.5. The van der Waals surface area contributed by atoms with Crippen LogP contribution in [0, 0.1) is 18.8 Å². The van der Waals surface area contributed by atoms with Crippen molar-refractivity contribution >= 4 is 11.8 Å². The first-order valence-corrected chi connectivity index (χ1v) is 6.53. The van der Waals surface area contributed by atoms with Crippen LogP contribution in [0.4, 0.5) is 0 Å². The molecule has 1 N–H and O–H groups in total. The van der Waals surface area contributed by atoms with Gasteiger partial charge in [0, 0.05) is 11.8 Å². The highest BCUT2D eigenvalue weighted by molar-refractivity contribution is 6.17. The largest absolute Gasteiger partial charge is 0.365 e. The van der Waals surface area contributed by atoms with Crippen molar-refractivity contribution in [3.8, 4) is 0 Å². The van der Waals surface area contributed by atoms with Crippen molar-refractivity contribution in [1.29, 1.82) is 0 Å². The number of hydrogen-bond donors (Lipinski definition) is 1. The molecule has 0 aliphatic carbocycles. The number of aromatic amines is 1. The van der Waals surface area contributed by atoms with Crippen molar-refractivity contribution in [3.63, 3.8) is 0 Å². The maximum Gasteiger partial charge on any atom is 0.347 e. The Balaban J connectivity index is 1.83. The number of aromatic nitrogens is 2. The van der Waals surface area contributed by atoms with Gasteiger partial charge in [-0.25, -0.2) is 4.79 Å². The number of fused-ring (bicyclic) bond motifs is 5. The van der Waals surface area contributed by atoms with Crippen molar-refractivity contribution in [3.05, 3.63) is 44.8 Å². The fourth-order valence-electron chi connectivity index (χ4n) is 3.20. The van der Waals surface area contributed by atoms with E-state index in [0.29, 0.717) is 0 Å². The third kappa shape index (κ3) is 1.42. The van der Waals surface area contributed by atoms with Crippen molar-refractivity contribution in [2.24, 2.45) is 11.8 Å². The van der Waals surface area contributed by atoms with Crippen molar-refractivity contribution in [2.45, 2.75) is 19.1 Å². The molecule has 4 rings (SSSR count). The number of nitrogens with zero attached hydrogens (tertiary/aromatic N) is 2. The summed E-state index contributed by atoms with van der Waals surface area (Å²) in [7, 11) is 0. The first kappa shape index (κ1) is 12.3. The second-order valence-corrected chi connectivity index (χ2v) is 5.41. The summed E-state index contributed by atoms with van der Waals surface area (Å²) in [4.78, 5) is 50.3. The molecule has 2 fully saturated rings. The highest BCUT2D eigenvalue weighted by Crippen LogP contribution is 2.44. The third-order valence-corrected chi connectivity index (χ3v) is 4.21. The number of amides is 2. The van der Waals surface area contributed by atoms with E-state index in [4.69, 9.17) is 4.74 Å². The van der Waals surface area contributed by atoms with Crippen molar-refractivity contribution < 1.29 is 14.3 Å². The highest BCUT2D eigenvalue weighted by Gasteiger charge is 2.61. The number of carbonyl (C=O) groups excluding carboxylic acids is 2. The molecule has 0 radical (unpaired) electrons. The Morgan fingerprint density at radius 1 is 1.05 bits per heavy atom. The molecule has 8 nitrogen and oxygen atoms in total. The summed E-state index contributed by atoms with van der Waals surface area (Å²) in [5.74, 6) is -2.14. The molecular weight excluding hydrogens is 278 g/mol. The van der Waals surface area contributed by atoms with Crippen LogP contribution in [-0.2, 0) is 14.3 Å². The lowest BCUT2D eigenvalue weighted by Gasteiger charge is -2.19. The van der Waals surface area contributed by atoms with Crippen LogP contribution in [0.1, 0.15) is 5.56 Å². The monoisotopic (exact) mass is 289 g/mol. The van der Waals surface area contributed by atoms with Gasteiger partial charge >= 0.3 is 5.69 Å². The Kier molecular flexibility index (Phi) is 2.22. The Bertz CT molecular complexity index is 790. The van der Waals surface area contributed by atoms with Gasteiger partial charge in [0.05, 0.1) is 24.0 Å². The van der Waals surface area contributed by atoms with E-state index in [2.05, 4.69) is 4.98 Å². The standard InChI is InChI=1S/C13H11N3O5/c1-5-4-15(13(20)14-10(5)17)16-11(18)8-6-2-3-7(21-6)9(8)12(16)19/h2-4,6-9H,1H3,(H,14,17,20)/t6-,7+,8-,9+. The summed E-state index contributed by atoms with van der Waals surface area (Å²) in [6, 6.07) is 0. The lowest BCUT2D eigenvalue weighted by Crippen LogP contribution is -2.50. The molecule has 1 aromatic rings. The lowest BCUT2D eigenvalue weighted by atomic mass is 9.85. The first-order chi connectivity index (χ1) is 9.99. The summed E-state index contributed by atoms with van der Waals surface area (Å²) in [6.07, 6.45) is 3.90. The quantitative estimate of drug-likeness (QED) is 0.496. The SMILES string of the molecule is Cc1cn(N2C(=O)[C@@H]3[C@H](C2=O)[C@H]2C=C[C@@H]3O2)c(=O)[nH]c1=O. The predicted molar refractivity (Wildman–Crippen MR) is 69.1 cm³/mol. The molecule has 0 aromatic carbocycles. The molecule has 2 bridgehead atoms. The van der Waals surface area contributed by atoms with Crippen LogP contribution >= 0.6 is 0 Å². The van der Waals surface area contributed by atoms with Crippen LogP contribution in [0.25, 0.3) is 0 Å². The average Bonchev–Trinajstić information content (AvgIpc) is 3.09. The van der Waals surface area contributed by atoms with Gasteiger partial charge in [-0.15, -0.1) is 0 Å². The van der Waals surface area contributed by atoms with Crippen LogP contribution in [0.15, 0.2) is 27.9 Å². The zero-order valence-corrected chi connectivity index (χ0v) is 11.0. The molecule has 4 atom stereocenters. The average molecular weight is 289 g/mol. The zero-order chi connectivity index (χ0) is 14.9. The summed E-state index contributed by atoms with van der Waals surface area (Å²) < 4.78 is 6.39. The second kappa shape index (κ2) is 3.79. The molecule has 0 spiro atoms. The van der Waals surface area contributed by atoms with Crippen molar-refractivity contribution in [2.75, 3.05) is 5.01 Å². The first-order valence-electron chi connectivity index (χ1n) is 6.53. The smallest absolute Gasteiger partial charge is 0.347 e. The normalized spacial score (nSPS) is 33.1. The van der Waals surface area contributed by atoms with Crippen LogP contribution in [0.5, 0.6) is 0 Å². The Morgan fingerprint density at radius 2 is 1.62 bits per heavy atom. The maximum atomic E-state index is 12.5. The van der Waals surface area contributed by atoms with Gasteiger partial charge in [-0.3, -0.25) is 19.4 Å². The minimum absolute atomic E-state index is 0.240. The molecule has 3 aliphatic rings. The number of nitrogens with one attached hydrogen (secondary N) is 1. The van der Waals surface area contributed by atoms with Gasteiger partial charge in [-0.2, -0.15) is 9.69 Å². The summed E-state index contributed by atoms with van der Waals surface area (Å²) >= 11 is 0. The van der Waals surface area contributed by atoms with E-state index in [1.807, 2.05) is 0 Å². The number of carbonyl (C=O) groups is 2. The predicted octanol–water partition coefficient (Wildman–Crippen LogP) is -1.58. The minimum Gasteiger partial charge on any atom is -0.365 e. The molecule has 21 heavy (non-hydrogen) atoms. The van der Waals surface area contributed by atoms with E-state index in [0.717, 1.165) is 9.69 Å². The van der Waals surface area contributed by atoms with Gasteiger partial charge in [0.25, 0.3) is 17.4 Å². The number of ether oxygens (including phenoxy) is 1. The fraction of sp³-hybridized carbons (Fsp3) is 0.385. The Hall–Kier alpha value is -2.48.